The quantitative estimate of drug-likeness (QED) is 0.0387. The lowest BCUT2D eigenvalue weighted by atomic mass is 9.84. The zero-order chi connectivity index (χ0) is 39.1. The molecule has 0 aliphatic carbocycles. The number of nitrogens with zero attached hydrogens (tertiary/aromatic N) is 7. The van der Waals surface area contributed by atoms with Crippen molar-refractivity contribution in [2.75, 3.05) is 30.7 Å². The second-order valence-corrected chi connectivity index (χ2v) is 12.8. The molecule has 286 valence electrons. The average Bonchev–Trinajstić information content (AvgIpc) is 3.78. The normalized spacial score (nSPS) is 16.2. The first kappa shape index (κ1) is 40.0. The number of H-pyrrole nitrogens is 1. The molecule has 4 aromatic rings. The number of rotatable bonds is 14. The first-order valence-corrected chi connectivity index (χ1v) is 16.8. The summed E-state index contributed by atoms with van der Waals surface area (Å²) in [6.45, 7) is 3.63. The summed E-state index contributed by atoms with van der Waals surface area (Å²) < 4.78 is 73.3. The molecule has 2 amide bonds. The van der Waals surface area contributed by atoms with Gasteiger partial charge in [-0.25, -0.2) is 14.8 Å². The molecule has 0 bridgehead atoms. The number of aromatic amines is 1. The van der Waals surface area contributed by atoms with Gasteiger partial charge in [-0.3, -0.25) is 14.1 Å². The molecular formula is C26H29F3N12O10S2. The summed E-state index contributed by atoms with van der Waals surface area (Å²) in [5.41, 5.74) is 9.62. The van der Waals surface area contributed by atoms with Gasteiger partial charge in [0.1, 0.15) is 29.9 Å². The van der Waals surface area contributed by atoms with Crippen molar-refractivity contribution >= 4 is 67.0 Å². The fourth-order valence-corrected chi connectivity index (χ4v) is 5.35. The number of nitrogens with one attached hydrogen (secondary N) is 3. The van der Waals surface area contributed by atoms with Crippen molar-refractivity contribution in [3.8, 4) is 5.75 Å². The van der Waals surface area contributed by atoms with E-state index in [1.807, 2.05) is 12.1 Å². The number of carbonyl (C=O) groups excluding carboxylic acids is 2. The van der Waals surface area contributed by atoms with Gasteiger partial charge >= 0.3 is 22.5 Å². The largest absolute Gasteiger partial charge is 0.490 e. The summed E-state index contributed by atoms with van der Waals surface area (Å²) in [5.74, 6) is -3.42. The number of aliphatic carboxylic acids is 1. The number of hydrogen-bond acceptors (Lipinski definition) is 18. The van der Waals surface area contributed by atoms with Crippen LogP contribution >= 0.6 is 11.3 Å². The molecule has 1 aliphatic heterocycles. The molecule has 1 saturated heterocycles. The maximum Gasteiger partial charge on any atom is 0.490 e. The Morgan fingerprint density at radius 1 is 1.26 bits per heavy atom. The Labute approximate surface area is 299 Å². The highest BCUT2D eigenvalue weighted by Gasteiger charge is 2.58. The lowest BCUT2D eigenvalue weighted by Gasteiger charge is -2.50. The molecular weight excluding hydrogens is 761 g/mol. The smallest absolute Gasteiger partial charge is 0.489 e. The van der Waals surface area contributed by atoms with Gasteiger partial charge < -0.3 is 36.8 Å². The van der Waals surface area contributed by atoms with E-state index in [1.54, 1.807) is 18.3 Å². The third-order valence-corrected chi connectivity index (χ3v) is 7.85. The Bertz CT molecular complexity index is 2080. The highest BCUT2D eigenvalue weighted by Crippen LogP contribution is 2.33. The number of benzene rings is 1. The van der Waals surface area contributed by atoms with Crippen molar-refractivity contribution in [3.63, 3.8) is 0 Å². The number of alkyl halides is 3. The predicted octanol–water partition coefficient (Wildman–Crippen LogP) is 0.172. The first-order chi connectivity index (χ1) is 24.8. The molecule has 22 nitrogen and oxygen atoms in total. The molecule has 27 heteroatoms. The van der Waals surface area contributed by atoms with Crippen molar-refractivity contribution in [3.05, 3.63) is 47.4 Å². The summed E-state index contributed by atoms with van der Waals surface area (Å²) in [5, 5.41) is 34.2. The van der Waals surface area contributed by atoms with Gasteiger partial charge in [-0.05, 0) is 43.5 Å². The summed E-state index contributed by atoms with van der Waals surface area (Å²) in [6.07, 6.45) is -4.52. The number of β-lactam (4-membered cyclic amide) rings is 1. The molecule has 53 heavy (non-hydrogen) atoms. The number of thiazole rings is 1. The fourth-order valence-electron chi connectivity index (χ4n) is 4.34. The zero-order valence-corrected chi connectivity index (χ0v) is 28.8. The fraction of sp³-hybridized carbons (Fsp3) is 0.346. The highest BCUT2D eigenvalue weighted by molar-refractivity contribution is 7.80. The van der Waals surface area contributed by atoms with E-state index in [1.165, 1.54) is 19.2 Å². The molecule has 0 saturated carbocycles. The van der Waals surface area contributed by atoms with Crippen molar-refractivity contribution < 1.29 is 59.5 Å². The monoisotopic (exact) mass is 790 g/mol. The van der Waals surface area contributed by atoms with Crippen LogP contribution in [-0.4, -0.2) is 115 Å². The second-order valence-electron chi connectivity index (χ2n) is 10.9. The predicted molar refractivity (Wildman–Crippen MR) is 175 cm³/mol. The number of halogens is 3. The van der Waals surface area contributed by atoms with E-state index in [4.69, 9.17) is 35.5 Å². The number of amides is 2. The molecule has 9 N–H and O–H groups in total. The molecule has 3 aromatic heterocycles. The van der Waals surface area contributed by atoms with Gasteiger partial charge in [0.2, 0.25) is 11.9 Å². The van der Waals surface area contributed by atoms with Gasteiger partial charge in [-0.1, -0.05) is 10.4 Å². The maximum atomic E-state index is 13.4. The topological polar surface area (TPSA) is 325 Å². The number of nitrogens with two attached hydrogens (primary N) is 2. The minimum absolute atomic E-state index is 0.0191. The van der Waals surface area contributed by atoms with Crippen LogP contribution in [0, 0.1) is 0 Å². The summed E-state index contributed by atoms with van der Waals surface area (Å²) in [6, 6.07) is 5.91. The van der Waals surface area contributed by atoms with Crippen LogP contribution in [0.25, 0.3) is 10.8 Å². The number of ether oxygens (including phenoxy) is 1. The van der Waals surface area contributed by atoms with Crippen molar-refractivity contribution in [2.45, 2.75) is 37.7 Å². The number of carboxylic acids is 1. The Balaban J connectivity index is 0.000000815. The van der Waals surface area contributed by atoms with Crippen LogP contribution in [0.5, 0.6) is 5.75 Å². The number of oxime groups is 1. The van der Waals surface area contributed by atoms with E-state index >= 15 is 0 Å². The number of carbonyl (C=O) groups is 3. The van der Waals surface area contributed by atoms with Gasteiger partial charge in [0.05, 0.1) is 5.54 Å². The molecule has 0 spiro atoms. The molecule has 1 aromatic carbocycles. The highest BCUT2D eigenvalue weighted by atomic mass is 32.3. The molecule has 4 heterocycles. The minimum Gasteiger partial charge on any atom is -0.489 e. The molecule has 0 unspecified atom stereocenters. The van der Waals surface area contributed by atoms with Crippen LogP contribution in [-0.2, 0) is 33.9 Å². The second kappa shape index (κ2) is 16.3. The van der Waals surface area contributed by atoms with Crippen LogP contribution in [0.4, 0.5) is 24.1 Å². The average molecular weight is 791 g/mol. The third kappa shape index (κ3) is 10.2. The molecule has 0 radical (unpaired) electrons. The van der Waals surface area contributed by atoms with E-state index < -0.39 is 52.0 Å². The Hall–Kier alpha value is -5.77. The maximum absolute atomic E-state index is 13.4. The number of hydrogen-bond donors (Lipinski definition) is 7. The Morgan fingerprint density at radius 3 is 2.55 bits per heavy atom. The van der Waals surface area contributed by atoms with E-state index in [9.17, 15) is 31.2 Å². The van der Waals surface area contributed by atoms with E-state index in [2.05, 4.69) is 50.7 Å². The molecule has 2 atom stereocenters. The summed E-state index contributed by atoms with van der Waals surface area (Å²) in [7, 11) is -4.99. The number of hydroxylamine groups is 2. The Morgan fingerprint density at radius 2 is 1.98 bits per heavy atom. The van der Waals surface area contributed by atoms with Gasteiger partial charge in [-0.2, -0.15) is 31.9 Å². The summed E-state index contributed by atoms with van der Waals surface area (Å²) in [4.78, 5) is 49.0. The Kier molecular flexibility index (Phi) is 12.3. The van der Waals surface area contributed by atoms with Crippen LogP contribution in [0.3, 0.4) is 0 Å². The number of nitrogen functional groups attached to an aromatic ring is 1. The van der Waals surface area contributed by atoms with E-state index in [0.717, 1.165) is 22.1 Å². The molecule has 1 fully saturated rings. The number of pyridine rings is 1. The van der Waals surface area contributed by atoms with E-state index in [0.29, 0.717) is 29.7 Å². The number of aromatic nitrogens is 6. The van der Waals surface area contributed by atoms with Crippen LogP contribution < -0.4 is 26.8 Å². The number of tetrazole rings is 1. The minimum atomic E-state index is -5.08. The van der Waals surface area contributed by atoms with Gasteiger partial charge in [-0.15, -0.1) is 25.8 Å². The molecule has 1 aliphatic rings. The lowest BCUT2D eigenvalue weighted by molar-refractivity contribution is -0.218. The lowest BCUT2D eigenvalue weighted by Crippen LogP contribution is -2.76. The van der Waals surface area contributed by atoms with Crippen molar-refractivity contribution in [2.24, 2.45) is 10.9 Å². The van der Waals surface area contributed by atoms with Gasteiger partial charge in [0, 0.05) is 30.1 Å². The van der Waals surface area contributed by atoms with Crippen LogP contribution in [0.15, 0.2) is 41.0 Å². The van der Waals surface area contributed by atoms with E-state index in [-0.39, 0.29) is 29.0 Å². The third-order valence-electron chi connectivity index (χ3n) is 6.84. The standard InChI is InChI=1S/C24H28N12O8S2.C2HF3O2/c1-24(2)18(22(38)36(24)44-46(39,40)41)30-21(37)17(15-11-45-23(26)29-15)33-43-16(20-31-34-35-32-20)10-42-13-3-4-14-12(9-13)5-7-27-19(14)28-8-6-25;3-2(4,5)1(6)7/h3-5,7,9,11,16,18H,6,8,10,25H2,1-2H3,(H2,26,29)(H,27,28)(H,30,37)(H,39,40,41)(H,31,32,34,35);(H,6,7)/b33-17-;/t16-,18+;/m0./s1. The first-order valence-electron chi connectivity index (χ1n) is 14.6. The van der Waals surface area contributed by atoms with Crippen LogP contribution in [0.1, 0.15) is 31.5 Å². The number of anilines is 2. The molecule has 5 rings (SSSR count). The van der Waals surface area contributed by atoms with Gasteiger partial charge in [0.25, 0.3) is 11.8 Å². The zero-order valence-electron chi connectivity index (χ0n) is 27.1. The van der Waals surface area contributed by atoms with Crippen molar-refractivity contribution in [1.29, 1.82) is 0 Å². The number of fused-ring (bicyclic) bond motifs is 1. The van der Waals surface area contributed by atoms with Gasteiger partial charge in [0.15, 0.2) is 10.8 Å². The SMILES string of the molecule is CC1(C)[C@H](NC(=O)/C(=N\O[C@@H](COc2ccc3c(NCCN)nccc3c2)c2nn[nH]n2)c2csc(N)n2)C(=O)N1OS(=O)(=O)O.O=C(O)C(F)(F)F. The number of carboxylic acid groups (broad SMARTS) is 1. The van der Waals surface area contributed by atoms with Crippen molar-refractivity contribution in [1.82, 2.24) is 41.0 Å². The van der Waals surface area contributed by atoms with Crippen LogP contribution in [0.2, 0.25) is 0 Å². The summed E-state index contributed by atoms with van der Waals surface area (Å²) >= 11 is 1.02.